The number of amides is 1. The summed E-state index contributed by atoms with van der Waals surface area (Å²) >= 11 is 0. The number of sulfone groups is 1. The minimum Gasteiger partial charge on any atom is -0.371 e. The van der Waals surface area contributed by atoms with E-state index >= 15 is 0 Å². The van der Waals surface area contributed by atoms with Crippen LogP contribution in [0.4, 0.5) is 33.6 Å². The van der Waals surface area contributed by atoms with Crippen LogP contribution in [-0.4, -0.2) is 67.3 Å². The second kappa shape index (κ2) is 8.67. The van der Waals surface area contributed by atoms with Gasteiger partial charge in [0, 0.05) is 38.0 Å². The molecule has 15 heteroatoms. The number of nitrogens with zero attached hydrogens (tertiary/aromatic N) is 4. The van der Waals surface area contributed by atoms with Gasteiger partial charge in [0.15, 0.2) is 9.84 Å². The number of rotatable bonds is 5. The fourth-order valence-electron chi connectivity index (χ4n) is 4.15. The molecule has 186 valence electrons. The Morgan fingerprint density at radius 2 is 1.76 bits per heavy atom. The van der Waals surface area contributed by atoms with Gasteiger partial charge in [-0.15, -0.1) is 0 Å². The van der Waals surface area contributed by atoms with E-state index in [0.29, 0.717) is 51.0 Å². The number of hydrogen-bond donors (Lipinski definition) is 1. The van der Waals surface area contributed by atoms with Gasteiger partial charge in [0.05, 0.1) is 5.69 Å². The number of likely N-dealkylation sites (tertiary alicyclic amines) is 1. The summed E-state index contributed by atoms with van der Waals surface area (Å²) in [5, 5.41) is 6.01. The van der Waals surface area contributed by atoms with E-state index in [1.807, 2.05) is 0 Å². The van der Waals surface area contributed by atoms with E-state index in [2.05, 4.69) is 20.0 Å². The topological polar surface area (TPSA) is 109 Å². The maximum absolute atomic E-state index is 14.4. The smallest absolute Gasteiger partial charge is 0.371 e. The van der Waals surface area contributed by atoms with E-state index in [9.17, 15) is 35.2 Å². The summed E-state index contributed by atoms with van der Waals surface area (Å²) in [5.74, 6) is -4.06. The molecule has 9 nitrogen and oxygen atoms in total. The molecule has 3 heterocycles. The van der Waals surface area contributed by atoms with Gasteiger partial charge >= 0.3 is 12.1 Å². The lowest BCUT2D eigenvalue weighted by molar-refractivity contribution is -0.159. The molecule has 4 rings (SSSR count). The van der Waals surface area contributed by atoms with E-state index in [1.165, 1.54) is 4.90 Å². The number of aromatic nitrogens is 2. The number of hydrogen-bond acceptors (Lipinski definition) is 8. The lowest BCUT2D eigenvalue weighted by Crippen LogP contribution is -2.47. The lowest BCUT2D eigenvalue weighted by Gasteiger charge is -2.36. The molecule has 0 spiro atoms. The van der Waals surface area contributed by atoms with E-state index in [1.54, 1.807) is 4.90 Å². The van der Waals surface area contributed by atoms with E-state index in [-0.39, 0.29) is 23.6 Å². The van der Waals surface area contributed by atoms with Crippen LogP contribution in [0.15, 0.2) is 21.6 Å². The molecule has 2 aliphatic rings. The summed E-state index contributed by atoms with van der Waals surface area (Å²) in [6.07, 6.45) is -2.77. The fraction of sp³-hybridized carbons (Fsp3) is 0.526. The van der Waals surface area contributed by atoms with Crippen molar-refractivity contribution in [3.8, 4) is 0 Å². The molecule has 0 radical (unpaired) electrons. The van der Waals surface area contributed by atoms with E-state index < -0.39 is 44.5 Å². The van der Waals surface area contributed by atoms with Crippen LogP contribution in [0.25, 0.3) is 0 Å². The summed E-state index contributed by atoms with van der Waals surface area (Å²) in [7, 11) is -3.96. The molecule has 34 heavy (non-hydrogen) atoms. The Kier molecular flexibility index (Phi) is 6.16. The Morgan fingerprint density at radius 1 is 1.09 bits per heavy atom. The summed E-state index contributed by atoms with van der Waals surface area (Å²) in [6, 6.07) is 0.253. The van der Waals surface area contributed by atoms with Crippen molar-refractivity contribution in [3.05, 3.63) is 29.7 Å². The number of anilines is 2. The largest absolute Gasteiger partial charge is 0.471 e. The van der Waals surface area contributed by atoms with Crippen LogP contribution in [0.3, 0.4) is 0 Å². The lowest BCUT2D eigenvalue weighted by atomic mass is 10.0. The van der Waals surface area contributed by atoms with Crippen LogP contribution in [0.5, 0.6) is 0 Å². The van der Waals surface area contributed by atoms with Gasteiger partial charge < -0.3 is 19.6 Å². The molecule has 0 aliphatic carbocycles. The molecule has 2 aliphatic heterocycles. The predicted octanol–water partition coefficient (Wildman–Crippen LogP) is 2.45. The number of piperidine rings is 1. The number of nitrogens with one attached hydrogen (secondary N) is 1. The Bertz CT molecular complexity index is 1190. The first kappa shape index (κ1) is 24.2. The van der Waals surface area contributed by atoms with Crippen LogP contribution >= 0.6 is 0 Å². The highest BCUT2D eigenvalue weighted by atomic mass is 32.2. The zero-order valence-electron chi connectivity index (χ0n) is 17.8. The van der Waals surface area contributed by atoms with Crippen molar-refractivity contribution in [2.75, 3.05) is 36.1 Å². The average Bonchev–Trinajstić information content (AvgIpc) is 3.38. The first-order valence-corrected chi connectivity index (χ1v) is 12.2. The summed E-state index contributed by atoms with van der Waals surface area (Å²) in [5.41, 5.74) is -0.322. The summed E-state index contributed by atoms with van der Waals surface area (Å²) in [6.45, 7) is 0.958. The molecule has 0 unspecified atom stereocenters. The quantitative estimate of drug-likeness (QED) is 0.613. The van der Waals surface area contributed by atoms with Crippen molar-refractivity contribution in [1.82, 2.24) is 15.0 Å². The molecule has 1 amide bonds. The van der Waals surface area contributed by atoms with Gasteiger partial charge in [0.25, 0.3) is 5.95 Å². The standard InChI is InChI=1S/C19H20F5N5O4S/c1-34(31,32)15-9-11(20)14(8-12(15)21)25-13-4-7-29(16(13)30)10-2-5-28(6-3-10)18-26-17(33-27-18)19(22,23)24/h8-10,13,25H,2-7H2,1H3/t13-/m0/s1. The zero-order valence-corrected chi connectivity index (χ0v) is 18.6. The van der Waals surface area contributed by atoms with Crippen LogP contribution in [0.2, 0.25) is 0 Å². The number of halogens is 5. The van der Waals surface area contributed by atoms with Gasteiger partial charge in [-0.2, -0.15) is 18.2 Å². The molecule has 1 N–H and O–H groups in total. The maximum atomic E-state index is 14.4. The molecule has 1 atom stereocenters. The molecule has 0 bridgehead atoms. The van der Waals surface area contributed by atoms with Gasteiger partial charge in [-0.25, -0.2) is 17.2 Å². The highest BCUT2D eigenvalue weighted by molar-refractivity contribution is 7.90. The number of carbonyl (C=O) groups excluding carboxylic acids is 1. The third kappa shape index (κ3) is 4.79. The molecular weight excluding hydrogens is 489 g/mol. The highest BCUT2D eigenvalue weighted by Gasteiger charge is 2.41. The van der Waals surface area contributed by atoms with Crippen molar-refractivity contribution in [3.63, 3.8) is 0 Å². The van der Waals surface area contributed by atoms with Crippen LogP contribution in [0.1, 0.15) is 25.2 Å². The highest BCUT2D eigenvalue weighted by Crippen LogP contribution is 2.31. The van der Waals surface area contributed by atoms with Gasteiger partial charge in [-0.05, 0) is 30.5 Å². The first-order chi connectivity index (χ1) is 15.8. The summed E-state index contributed by atoms with van der Waals surface area (Å²) in [4.78, 5) is 18.6. The number of carbonyl (C=O) groups is 1. The zero-order chi connectivity index (χ0) is 24.8. The molecule has 2 aromatic rings. The third-order valence-electron chi connectivity index (χ3n) is 5.84. The monoisotopic (exact) mass is 509 g/mol. The van der Waals surface area contributed by atoms with Crippen molar-refractivity contribution in [2.24, 2.45) is 0 Å². The van der Waals surface area contributed by atoms with Gasteiger partial charge in [-0.1, -0.05) is 0 Å². The van der Waals surface area contributed by atoms with Crippen LogP contribution in [-0.2, 0) is 20.8 Å². The number of benzene rings is 1. The average molecular weight is 509 g/mol. The molecule has 1 aromatic heterocycles. The van der Waals surface area contributed by atoms with Gasteiger partial charge in [0.2, 0.25) is 5.91 Å². The second-order valence-electron chi connectivity index (χ2n) is 8.17. The van der Waals surface area contributed by atoms with Crippen molar-refractivity contribution >= 4 is 27.4 Å². The van der Waals surface area contributed by atoms with E-state index in [0.717, 1.165) is 6.26 Å². The second-order valence-corrected chi connectivity index (χ2v) is 10.2. The number of alkyl halides is 3. The maximum Gasteiger partial charge on any atom is 0.471 e. The fourth-order valence-corrected chi connectivity index (χ4v) is 4.88. The van der Waals surface area contributed by atoms with Crippen LogP contribution in [0, 0.1) is 11.6 Å². The minimum absolute atomic E-state index is 0.173. The SMILES string of the molecule is CS(=O)(=O)c1cc(F)c(N[C@H]2CCN(C3CCN(c4noc(C(F)(F)F)n4)CC3)C2=O)cc1F. The van der Waals surface area contributed by atoms with Gasteiger partial charge in [0.1, 0.15) is 22.6 Å². The predicted molar refractivity (Wildman–Crippen MR) is 108 cm³/mol. The molecule has 0 saturated carbocycles. The molecular formula is C19H20F5N5O4S. The Morgan fingerprint density at radius 3 is 2.35 bits per heavy atom. The van der Waals surface area contributed by atoms with Crippen molar-refractivity contribution in [1.29, 1.82) is 0 Å². The summed E-state index contributed by atoms with van der Waals surface area (Å²) < 4.78 is 93.8. The molecule has 2 fully saturated rings. The minimum atomic E-state index is -4.74. The van der Waals surface area contributed by atoms with E-state index in [4.69, 9.17) is 0 Å². The van der Waals surface area contributed by atoms with Crippen LogP contribution < -0.4 is 10.2 Å². The van der Waals surface area contributed by atoms with Crippen molar-refractivity contribution < 1.29 is 39.7 Å². The third-order valence-corrected chi connectivity index (χ3v) is 6.95. The molecule has 2 saturated heterocycles. The molecule has 1 aromatic carbocycles. The Hall–Kier alpha value is -2.97. The normalized spacial score (nSPS) is 20.3. The Labute approximate surface area is 190 Å². The Balaban J connectivity index is 1.37. The first-order valence-electron chi connectivity index (χ1n) is 10.3. The van der Waals surface area contributed by atoms with Gasteiger partial charge in [-0.3, -0.25) is 4.79 Å². The van der Waals surface area contributed by atoms with Crippen molar-refractivity contribution in [2.45, 2.75) is 42.4 Å².